The van der Waals surface area contributed by atoms with E-state index in [-0.39, 0.29) is 0 Å². The van der Waals surface area contributed by atoms with Crippen molar-refractivity contribution in [3.05, 3.63) is 0 Å². The van der Waals surface area contributed by atoms with Crippen LogP contribution in [0.15, 0.2) is 0 Å². The Balaban J connectivity index is 2.29. The molecule has 0 spiro atoms. The van der Waals surface area contributed by atoms with Gasteiger partial charge in [0.1, 0.15) is 0 Å². The number of nitrogens with one attached hydrogen (secondary N) is 1. The summed E-state index contributed by atoms with van der Waals surface area (Å²) in [5.41, 5.74) is 0. The molecular formula is C14H29NO. The minimum absolute atomic E-state index is 0.491. The lowest BCUT2D eigenvalue weighted by atomic mass is 9.89. The van der Waals surface area contributed by atoms with Gasteiger partial charge in [0.15, 0.2) is 0 Å². The fraction of sp³-hybridized carbons (Fsp3) is 1.00. The molecule has 0 aromatic rings. The molecule has 0 radical (unpaired) electrons. The predicted molar refractivity (Wildman–Crippen MR) is 69.7 cm³/mol. The largest absolute Gasteiger partial charge is 0.383 e. The molecule has 3 atom stereocenters. The molecule has 0 heterocycles. The van der Waals surface area contributed by atoms with Crippen LogP contribution >= 0.6 is 0 Å². The van der Waals surface area contributed by atoms with Crippen molar-refractivity contribution in [3.63, 3.8) is 0 Å². The summed E-state index contributed by atoms with van der Waals surface area (Å²) in [6, 6.07) is 1.21. The molecule has 0 amide bonds. The van der Waals surface area contributed by atoms with Crippen LogP contribution in [0.1, 0.15) is 52.9 Å². The average molecular weight is 227 g/mol. The molecule has 2 nitrogen and oxygen atoms in total. The molecule has 1 rings (SSSR count). The van der Waals surface area contributed by atoms with E-state index >= 15 is 0 Å². The standard InChI is InChI=1S/C14H29NO/c1-11(2)13-6-5-7-14(9-8-13)15-12(3)10-16-4/h11-15H,5-10H2,1-4H3. The van der Waals surface area contributed by atoms with Gasteiger partial charge in [0.2, 0.25) is 0 Å². The van der Waals surface area contributed by atoms with Crippen molar-refractivity contribution < 1.29 is 4.74 Å². The summed E-state index contributed by atoms with van der Waals surface area (Å²) in [5, 5.41) is 3.69. The third kappa shape index (κ3) is 4.84. The van der Waals surface area contributed by atoms with Gasteiger partial charge in [-0.15, -0.1) is 0 Å². The number of hydrogen-bond acceptors (Lipinski definition) is 2. The molecule has 1 aliphatic rings. The first-order valence-electron chi connectivity index (χ1n) is 6.88. The second-order valence-corrected chi connectivity index (χ2v) is 5.73. The third-order valence-corrected chi connectivity index (χ3v) is 3.89. The lowest BCUT2D eigenvalue weighted by molar-refractivity contribution is 0.164. The van der Waals surface area contributed by atoms with Gasteiger partial charge in [0.05, 0.1) is 6.61 Å². The van der Waals surface area contributed by atoms with Crippen LogP contribution in [0, 0.1) is 11.8 Å². The van der Waals surface area contributed by atoms with Gasteiger partial charge < -0.3 is 10.1 Å². The normalized spacial score (nSPS) is 29.1. The maximum Gasteiger partial charge on any atom is 0.0613 e. The van der Waals surface area contributed by atoms with E-state index in [1.54, 1.807) is 7.11 Å². The summed E-state index contributed by atoms with van der Waals surface area (Å²) in [6.07, 6.45) is 6.90. The lowest BCUT2D eigenvalue weighted by Gasteiger charge is -2.22. The van der Waals surface area contributed by atoms with E-state index in [1.165, 1.54) is 32.1 Å². The van der Waals surface area contributed by atoms with Gasteiger partial charge in [-0.3, -0.25) is 0 Å². The summed E-state index contributed by atoms with van der Waals surface area (Å²) < 4.78 is 5.17. The number of hydrogen-bond donors (Lipinski definition) is 1. The van der Waals surface area contributed by atoms with Crippen molar-refractivity contribution in [2.24, 2.45) is 11.8 Å². The quantitative estimate of drug-likeness (QED) is 0.728. The van der Waals surface area contributed by atoms with Crippen LogP contribution < -0.4 is 5.32 Å². The van der Waals surface area contributed by atoms with Gasteiger partial charge in [-0.2, -0.15) is 0 Å². The van der Waals surface area contributed by atoms with Gasteiger partial charge in [-0.05, 0) is 38.0 Å². The molecule has 1 saturated carbocycles. The molecule has 16 heavy (non-hydrogen) atoms. The van der Waals surface area contributed by atoms with Crippen molar-refractivity contribution in [1.29, 1.82) is 0 Å². The van der Waals surface area contributed by atoms with Gasteiger partial charge in [0, 0.05) is 19.2 Å². The molecule has 2 heteroatoms. The number of ether oxygens (including phenoxy) is 1. The van der Waals surface area contributed by atoms with E-state index < -0.39 is 0 Å². The third-order valence-electron chi connectivity index (χ3n) is 3.89. The van der Waals surface area contributed by atoms with E-state index in [9.17, 15) is 0 Å². The Morgan fingerprint density at radius 1 is 1.12 bits per heavy atom. The van der Waals surface area contributed by atoms with Crippen LogP contribution in [0.25, 0.3) is 0 Å². The highest BCUT2D eigenvalue weighted by atomic mass is 16.5. The Kier molecular flexibility index (Phi) is 6.37. The minimum atomic E-state index is 0.491. The highest BCUT2D eigenvalue weighted by molar-refractivity contribution is 4.78. The van der Waals surface area contributed by atoms with Crippen molar-refractivity contribution >= 4 is 0 Å². The zero-order valence-corrected chi connectivity index (χ0v) is 11.5. The predicted octanol–water partition coefficient (Wildman–Crippen LogP) is 3.22. The second-order valence-electron chi connectivity index (χ2n) is 5.73. The minimum Gasteiger partial charge on any atom is -0.383 e. The molecule has 0 aromatic carbocycles. The van der Waals surface area contributed by atoms with E-state index in [0.717, 1.165) is 18.4 Å². The maximum atomic E-state index is 5.17. The van der Waals surface area contributed by atoms with Crippen LogP contribution in [0.5, 0.6) is 0 Å². The fourth-order valence-electron chi connectivity index (χ4n) is 2.86. The molecule has 0 aliphatic heterocycles. The molecule has 3 unspecified atom stereocenters. The van der Waals surface area contributed by atoms with Gasteiger partial charge in [-0.25, -0.2) is 0 Å². The number of rotatable bonds is 5. The Morgan fingerprint density at radius 2 is 1.88 bits per heavy atom. The van der Waals surface area contributed by atoms with Crippen molar-refractivity contribution in [2.75, 3.05) is 13.7 Å². The van der Waals surface area contributed by atoms with Crippen molar-refractivity contribution in [1.82, 2.24) is 5.32 Å². The lowest BCUT2D eigenvalue weighted by Crippen LogP contribution is -2.38. The molecule has 0 aromatic heterocycles. The molecule has 0 bridgehead atoms. The van der Waals surface area contributed by atoms with Crippen LogP contribution in [0.4, 0.5) is 0 Å². The van der Waals surface area contributed by atoms with E-state index in [0.29, 0.717) is 12.1 Å². The first kappa shape index (κ1) is 14.0. The molecule has 1 fully saturated rings. The molecule has 1 aliphatic carbocycles. The van der Waals surface area contributed by atoms with Crippen LogP contribution in [0.2, 0.25) is 0 Å². The summed E-state index contributed by atoms with van der Waals surface area (Å²) in [4.78, 5) is 0. The fourth-order valence-corrected chi connectivity index (χ4v) is 2.86. The van der Waals surface area contributed by atoms with Crippen molar-refractivity contribution in [2.45, 2.75) is 65.0 Å². The first-order valence-corrected chi connectivity index (χ1v) is 6.88. The van der Waals surface area contributed by atoms with E-state index in [4.69, 9.17) is 4.74 Å². The second kappa shape index (κ2) is 7.29. The smallest absolute Gasteiger partial charge is 0.0613 e. The van der Waals surface area contributed by atoms with E-state index in [1.807, 2.05) is 0 Å². The molecular weight excluding hydrogens is 198 g/mol. The zero-order chi connectivity index (χ0) is 12.0. The van der Waals surface area contributed by atoms with Crippen LogP contribution in [0.3, 0.4) is 0 Å². The topological polar surface area (TPSA) is 21.3 Å². The summed E-state index contributed by atoms with van der Waals surface area (Å²) >= 11 is 0. The molecule has 0 saturated heterocycles. The SMILES string of the molecule is COCC(C)NC1CCCC(C(C)C)CC1. The first-order chi connectivity index (χ1) is 7.63. The summed E-state index contributed by atoms with van der Waals surface area (Å²) in [5.74, 6) is 1.81. The maximum absolute atomic E-state index is 5.17. The monoisotopic (exact) mass is 227 g/mol. The van der Waals surface area contributed by atoms with Gasteiger partial charge >= 0.3 is 0 Å². The highest BCUT2D eigenvalue weighted by Crippen LogP contribution is 2.28. The Hall–Kier alpha value is -0.0800. The zero-order valence-electron chi connectivity index (χ0n) is 11.5. The van der Waals surface area contributed by atoms with Crippen LogP contribution in [-0.4, -0.2) is 25.8 Å². The van der Waals surface area contributed by atoms with Gasteiger partial charge in [0.25, 0.3) is 0 Å². The summed E-state index contributed by atoms with van der Waals surface area (Å²) in [6.45, 7) is 7.77. The average Bonchev–Trinajstić information content (AvgIpc) is 2.43. The van der Waals surface area contributed by atoms with Crippen LogP contribution in [-0.2, 0) is 4.74 Å². The Bertz CT molecular complexity index is 182. The number of methoxy groups -OCH3 is 1. The Labute approximate surface area is 101 Å². The summed E-state index contributed by atoms with van der Waals surface area (Å²) in [7, 11) is 1.78. The molecule has 96 valence electrons. The molecule has 1 N–H and O–H groups in total. The van der Waals surface area contributed by atoms with E-state index in [2.05, 4.69) is 26.1 Å². The van der Waals surface area contributed by atoms with Crippen molar-refractivity contribution in [3.8, 4) is 0 Å². The Morgan fingerprint density at radius 3 is 2.50 bits per heavy atom. The highest BCUT2D eigenvalue weighted by Gasteiger charge is 2.21. The van der Waals surface area contributed by atoms with Gasteiger partial charge in [-0.1, -0.05) is 26.7 Å².